The van der Waals surface area contributed by atoms with Crippen molar-refractivity contribution in [3.63, 3.8) is 0 Å². The van der Waals surface area contributed by atoms with E-state index in [0.717, 1.165) is 11.4 Å². The van der Waals surface area contributed by atoms with Crippen molar-refractivity contribution in [2.75, 3.05) is 17.8 Å². The van der Waals surface area contributed by atoms with Crippen LogP contribution in [0.5, 0.6) is 0 Å². The maximum absolute atomic E-state index is 10.8. The van der Waals surface area contributed by atoms with Gasteiger partial charge in [-0.05, 0) is 30.3 Å². The van der Waals surface area contributed by atoms with Crippen molar-refractivity contribution in [3.05, 3.63) is 59.4 Å². The summed E-state index contributed by atoms with van der Waals surface area (Å²) in [5.74, 6) is -0.268. The van der Waals surface area contributed by atoms with E-state index in [9.17, 15) is 8.42 Å². The van der Waals surface area contributed by atoms with Gasteiger partial charge in [0, 0.05) is 30.6 Å². The molecule has 0 radical (unpaired) electrons. The second-order valence-electron chi connectivity index (χ2n) is 5.20. The molecule has 1 N–H and O–H groups in total. The number of rotatable bonds is 7. The lowest BCUT2D eigenvalue weighted by Crippen LogP contribution is -2.38. The summed E-state index contributed by atoms with van der Waals surface area (Å²) in [6, 6.07) is 12.9. The van der Waals surface area contributed by atoms with Crippen LogP contribution in [0.3, 0.4) is 0 Å². The number of hydrogen-bond acceptors (Lipinski definition) is 4. The van der Waals surface area contributed by atoms with Gasteiger partial charge in [-0.25, -0.2) is 0 Å². The minimum absolute atomic E-state index is 0.268. The molecule has 1 aromatic carbocycles. The Kier molecular flexibility index (Phi) is 6.30. The molecule has 0 aliphatic carbocycles. The quantitative estimate of drug-likeness (QED) is 0.352. The largest absolute Gasteiger partial charge is 0.286 e. The van der Waals surface area contributed by atoms with Gasteiger partial charge in [-0.2, -0.15) is 18.1 Å². The second kappa shape index (κ2) is 8.23. The normalized spacial score (nSPS) is 11.8. The number of benzene rings is 1. The molecule has 1 heterocycles. The van der Waals surface area contributed by atoms with E-state index in [1.54, 1.807) is 23.4 Å². The van der Waals surface area contributed by atoms with Gasteiger partial charge in [-0.3, -0.25) is 9.56 Å². The summed E-state index contributed by atoms with van der Waals surface area (Å²) in [6.45, 7) is 0.465. The Bertz CT molecular complexity index is 808. The van der Waals surface area contributed by atoms with E-state index in [1.807, 2.05) is 48.1 Å². The van der Waals surface area contributed by atoms with E-state index < -0.39 is 10.1 Å². The lowest BCUT2D eigenvalue weighted by molar-refractivity contribution is -0.697. The van der Waals surface area contributed by atoms with Crippen molar-refractivity contribution >= 4 is 33.6 Å². The number of aromatic nitrogens is 1. The molecule has 0 amide bonds. The predicted octanol–water partition coefficient (Wildman–Crippen LogP) is 2.38. The van der Waals surface area contributed by atoms with Crippen molar-refractivity contribution in [2.45, 2.75) is 13.0 Å². The average molecular weight is 369 g/mol. The zero-order chi connectivity index (χ0) is 17.6. The molecule has 1 aromatic heterocycles. The van der Waals surface area contributed by atoms with Crippen LogP contribution in [0.25, 0.3) is 0 Å². The van der Waals surface area contributed by atoms with Gasteiger partial charge in [0.1, 0.15) is 12.8 Å². The van der Waals surface area contributed by atoms with E-state index in [1.165, 1.54) is 0 Å². The fourth-order valence-electron chi connectivity index (χ4n) is 2.10. The molecule has 0 atom stereocenters. The Morgan fingerprint density at radius 2 is 1.96 bits per heavy atom. The van der Waals surface area contributed by atoms with Crippen LogP contribution in [0.2, 0.25) is 5.02 Å². The maximum atomic E-state index is 10.8. The van der Waals surface area contributed by atoms with Crippen LogP contribution in [-0.4, -0.2) is 32.0 Å². The van der Waals surface area contributed by atoms with Crippen molar-refractivity contribution in [1.29, 1.82) is 0 Å². The van der Waals surface area contributed by atoms with Gasteiger partial charge in [-0.15, -0.1) is 0 Å². The summed E-state index contributed by atoms with van der Waals surface area (Å²) in [6.07, 6.45) is 3.86. The summed E-state index contributed by atoms with van der Waals surface area (Å²) in [7, 11) is -2.11. The number of halogens is 1. The third-order valence-corrected chi connectivity index (χ3v) is 4.40. The van der Waals surface area contributed by atoms with Gasteiger partial charge < -0.3 is 0 Å². The van der Waals surface area contributed by atoms with Gasteiger partial charge in [0.2, 0.25) is 5.69 Å². The van der Waals surface area contributed by atoms with Gasteiger partial charge >= 0.3 is 0 Å². The second-order valence-corrected chi connectivity index (χ2v) is 7.21. The first-order chi connectivity index (χ1) is 11.3. The highest BCUT2D eigenvalue weighted by molar-refractivity contribution is 7.85. The summed E-state index contributed by atoms with van der Waals surface area (Å²) < 4.78 is 32.3. The van der Waals surface area contributed by atoms with Crippen LogP contribution >= 0.6 is 11.6 Å². The molecule has 24 heavy (non-hydrogen) atoms. The molecule has 0 fully saturated rings. The molecule has 0 aliphatic rings. The van der Waals surface area contributed by atoms with Gasteiger partial charge in [0.15, 0.2) is 6.20 Å². The lowest BCUT2D eigenvalue weighted by atomic mass is 10.3. The standard InChI is InChI=1S/C16H18ClN3O3S/c1-19(15-8-6-14(17)7-9-15)18-13-16-5-2-3-10-20(16)11-4-12-24(21,22)23/h2-3,5-10,13H,4,11-12H2,1H3/p+1. The molecule has 0 bridgehead atoms. The maximum Gasteiger partial charge on any atom is 0.265 e. The van der Waals surface area contributed by atoms with Crippen molar-refractivity contribution in [1.82, 2.24) is 0 Å². The molecule has 0 unspecified atom stereocenters. The van der Waals surface area contributed by atoms with Crippen LogP contribution in [0.1, 0.15) is 12.1 Å². The van der Waals surface area contributed by atoms with E-state index in [4.69, 9.17) is 16.2 Å². The predicted molar refractivity (Wildman–Crippen MR) is 95.1 cm³/mol. The first-order valence-electron chi connectivity index (χ1n) is 7.32. The molecule has 8 heteroatoms. The third-order valence-electron chi connectivity index (χ3n) is 3.34. The van der Waals surface area contributed by atoms with E-state index in [0.29, 0.717) is 18.0 Å². The Morgan fingerprint density at radius 3 is 2.62 bits per heavy atom. The molecule has 6 nitrogen and oxygen atoms in total. The first kappa shape index (κ1) is 18.4. The highest BCUT2D eigenvalue weighted by Crippen LogP contribution is 2.16. The molecule has 0 aliphatic heterocycles. The van der Waals surface area contributed by atoms with Crippen LogP contribution < -0.4 is 9.58 Å². The van der Waals surface area contributed by atoms with Crippen molar-refractivity contribution in [2.24, 2.45) is 5.10 Å². The highest BCUT2D eigenvalue weighted by atomic mass is 35.5. The Labute approximate surface area is 146 Å². The average Bonchev–Trinajstić information content (AvgIpc) is 2.53. The number of nitrogens with zero attached hydrogens (tertiary/aromatic N) is 3. The molecule has 128 valence electrons. The molecule has 0 saturated heterocycles. The molecule has 0 spiro atoms. The summed E-state index contributed by atoms with van der Waals surface area (Å²) >= 11 is 5.87. The smallest absolute Gasteiger partial charge is 0.265 e. The summed E-state index contributed by atoms with van der Waals surface area (Å²) in [5.41, 5.74) is 1.72. The summed E-state index contributed by atoms with van der Waals surface area (Å²) in [4.78, 5) is 0. The van der Waals surface area contributed by atoms with Crippen LogP contribution in [-0.2, 0) is 16.7 Å². The molecule has 2 aromatic rings. The molecular weight excluding hydrogens is 350 g/mol. The number of pyridine rings is 1. The van der Waals surface area contributed by atoms with Crippen LogP contribution in [0, 0.1) is 0 Å². The highest BCUT2D eigenvalue weighted by Gasteiger charge is 2.11. The van der Waals surface area contributed by atoms with Crippen LogP contribution in [0.4, 0.5) is 5.69 Å². The zero-order valence-electron chi connectivity index (χ0n) is 13.2. The van der Waals surface area contributed by atoms with E-state index in [2.05, 4.69) is 5.10 Å². The Morgan fingerprint density at radius 1 is 1.25 bits per heavy atom. The Balaban J connectivity index is 2.07. The number of hydrogen-bond donors (Lipinski definition) is 1. The molecule has 0 saturated carbocycles. The number of aryl methyl sites for hydroxylation is 1. The fraction of sp³-hybridized carbons (Fsp3) is 0.250. The molecular formula is C16H19ClN3O3S+. The molecule has 2 rings (SSSR count). The third kappa shape index (κ3) is 5.92. The van der Waals surface area contributed by atoms with E-state index in [-0.39, 0.29) is 5.75 Å². The number of anilines is 1. The van der Waals surface area contributed by atoms with Crippen molar-refractivity contribution in [3.8, 4) is 0 Å². The monoisotopic (exact) mass is 368 g/mol. The topological polar surface area (TPSA) is 73.8 Å². The summed E-state index contributed by atoms with van der Waals surface area (Å²) in [5, 5.41) is 6.77. The minimum atomic E-state index is -3.94. The van der Waals surface area contributed by atoms with Gasteiger partial charge in [0.05, 0.1) is 11.4 Å². The zero-order valence-corrected chi connectivity index (χ0v) is 14.8. The lowest BCUT2D eigenvalue weighted by Gasteiger charge is -2.12. The van der Waals surface area contributed by atoms with Gasteiger partial charge in [0.25, 0.3) is 10.1 Å². The first-order valence-corrected chi connectivity index (χ1v) is 9.31. The van der Waals surface area contributed by atoms with Crippen molar-refractivity contribution < 1.29 is 17.5 Å². The number of hydrazone groups is 1. The van der Waals surface area contributed by atoms with Gasteiger partial charge in [-0.1, -0.05) is 11.6 Å². The van der Waals surface area contributed by atoms with E-state index >= 15 is 0 Å². The fourth-order valence-corrected chi connectivity index (χ4v) is 2.72. The Hall–Kier alpha value is -1.96. The SMILES string of the molecule is CN(N=Cc1cccc[n+]1CCCS(=O)(=O)O)c1ccc(Cl)cc1. The van der Waals surface area contributed by atoms with Crippen LogP contribution in [0.15, 0.2) is 53.8 Å². The minimum Gasteiger partial charge on any atom is -0.286 e.